The lowest BCUT2D eigenvalue weighted by Gasteiger charge is -2.33. The standard InChI is InChI=1S/C39H27NO2S/c1-39(2)29-13-4-3-12-27(29)28-22-35-36(23-30(28)39)41-33-19-18-25(21-34(33)42-35)24-10-9-11-26(20-24)40-31-14-5-7-16-37(31)43-38-17-8-6-15-32(38)40/h3-23H,1-2H3. The normalized spacial score (nSPS) is 14.7. The fourth-order valence-electron chi connectivity index (χ4n) is 6.76. The number of anilines is 3. The molecule has 43 heavy (non-hydrogen) atoms. The molecule has 1 aliphatic carbocycles. The average Bonchev–Trinajstić information content (AvgIpc) is 3.26. The Morgan fingerprint density at radius 3 is 1.98 bits per heavy atom. The first-order chi connectivity index (χ1) is 21.0. The third kappa shape index (κ3) is 3.70. The highest BCUT2D eigenvalue weighted by Crippen LogP contribution is 2.56. The number of benzene rings is 6. The fourth-order valence-corrected chi connectivity index (χ4v) is 7.82. The van der Waals surface area contributed by atoms with Crippen molar-refractivity contribution in [1.29, 1.82) is 0 Å². The lowest BCUT2D eigenvalue weighted by Crippen LogP contribution is -2.15. The van der Waals surface area contributed by atoms with Crippen molar-refractivity contribution < 1.29 is 9.47 Å². The highest BCUT2D eigenvalue weighted by Gasteiger charge is 2.37. The van der Waals surface area contributed by atoms with E-state index < -0.39 is 0 Å². The fraction of sp³-hybridized carbons (Fsp3) is 0.0769. The molecule has 6 aromatic carbocycles. The summed E-state index contributed by atoms with van der Waals surface area (Å²) in [6.07, 6.45) is 0. The van der Waals surface area contributed by atoms with E-state index in [1.807, 2.05) is 17.8 Å². The predicted octanol–water partition coefficient (Wildman–Crippen LogP) is 11.5. The Bertz CT molecular complexity index is 2070. The summed E-state index contributed by atoms with van der Waals surface area (Å²) < 4.78 is 13.0. The lowest BCUT2D eigenvalue weighted by atomic mass is 9.82. The van der Waals surface area contributed by atoms with Gasteiger partial charge >= 0.3 is 0 Å². The van der Waals surface area contributed by atoms with Crippen LogP contribution in [0, 0.1) is 0 Å². The van der Waals surface area contributed by atoms with Crippen LogP contribution >= 0.6 is 11.8 Å². The number of fused-ring (bicyclic) bond motifs is 7. The van der Waals surface area contributed by atoms with E-state index in [9.17, 15) is 0 Å². The summed E-state index contributed by atoms with van der Waals surface area (Å²) in [6.45, 7) is 4.56. The summed E-state index contributed by atoms with van der Waals surface area (Å²) >= 11 is 1.82. The minimum Gasteiger partial charge on any atom is -0.450 e. The average molecular weight is 574 g/mol. The van der Waals surface area contributed by atoms with Gasteiger partial charge in [0, 0.05) is 20.9 Å². The second-order valence-electron chi connectivity index (χ2n) is 11.8. The molecule has 0 fully saturated rings. The molecule has 0 unspecified atom stereocenters. The molecule has 3 aliphatic rings. The smallest absolute Gasteiger partial charge is 0.170 e. The molecular formula is C39H27NO2S. The number of hydrogen-bond donors (Lipinski definition) is 0. The van der Waals surface area contributed by atoms with E-state index in [1.54, 1.807) is 0 Å². The Balaban J connectivity index is 1.09. The van der Waals surface area contributed by atoms with Gasteiger partial charge in [0.15, 0.2) is 23.0 Å². The van der Waals surface area contributed by atoms with Crippen LogP contribution in [-0.4, -0.2) is 0 Å². The van der Waals surface area contributed by atoms with Crippen molar-refractivity contribution in [2.75, 3.05) is 4.90 Å². The second-order valence-corrected chi connectivity index (χ2v) is 12.9. The van der Waals surface area contributed by atoms with Gasteiger partial charge in [-0.05, 0) is 94.0 Å². The van der Waals surface area contributed by atoms with Gasteiger partial charge < -0.3 is 14.4 Å². The van der Waals surface area contributed by atoms with Crippen molar-refractivity contribution in [3.8, 4) is 45.3 Å². The van der Waals surface area contributed by atoms with E-state index in [2.05, 4.69) is 140 Å². The molecule has 0 spiro atoms. The lowest BCUT2D eigenvalue weighted by molar-refractivity contribution is 0.359. The molecule has 0 bridgehead atoms. The molecule has 0 saturated heterocycles. The first-order valence-corrected chi connectivity index (χ1v) is 15.4. The Morgan fingerprint density at radius 1 is 0.512 bits per heavy atom. The van der Waals surface area contributed by atoms with E-state index in [-0.39, 0.29) is 5.41 Å². The quantitative estimate of drug-likeness (QED) is 0.205. The molecule has 2 heterocycles. The number of ether oxygens (including phenoxy) is 2. The molecule has 4 heteroatoms. The Kier molecular flexibility index (Phi) is 5.18. The molecule has 0 atom stereocenters. The summed E-state index contributed by atoms with van der Waals surface area (Å²) in [5.41, 5.74) is 10.7. The number of hydrogen-bond acceptors (Lipinski definition) is 4. The predicted molar refractivity (Wildman–Crippen MR) is 175 cm³/mol. The van der Waals surface area contributed by atoms with Gasteiger partial charge in [0.2, 0.25) is 0 Å². The van der Waals surface area contributed by atoms with Gasteiger partial charge in [0.05, 0.1) is 11.4 Å². The third-order valence-corrected chi connectivity index (χ3v) is 10.0. The van der Waals surface area contributed by atoms with Crippen molar-refractivity contribution in [3.05, 3.63) is 139 Å². The van der Waals surface area contributed by atoms with Crippen LogP contribution in [0.25, 0.3) is 22.3 Å². The molecule has 0 radical (unpaired) electrons. The summed E-state index contributed by atoms with van der Waals surface area (Å²) in [4.78, 5) is 4.86. The van der Waals surface area contributed by atoms with Crippen molar-refractivity contribution in [2.24, 2.45) is 0 Å². The molecule has 0 saturated carbocycles. The number of rotatable bonds is 2. The van der Waals surface area contributed by atoms with Crippen LogP contribution in [0.4, 0.5) is 17.1 Å². The highest BCUT2D eigenvalue weighted by atomic mass is 32.2. The van der Waals surface area contributed by atoms with Crippen LogP contribution in [0.1, 0.15) is 25.0 Å². The Labute approximate surface area is 255 Å². The Hall–Kier alpha value is -4.93. The molecule has 206 valence electrons. The van der Waals surface area contributed by atoms with E-state index in [0.717, 1.165) is 39.8 Å². The third-order valence-electron chi connectivity index (χ3n) is 8.90. The maximum atomic E-state index is 6.55. The zero-order chi connectivity index (χ0) is 28.7. The summed E-state index contributed by atoms with van der Waals surface area (Å²) in [5, 5.41) is 0. The largest absolute Gasteiger partial charge is 0.450 e. The summed E-state index contributed by atoms with van der Waals surface area (Å²) in [6, 6.07) is 45.2. The van der Waals surface area contributed by atoms with Crippen LogP contribution in [0.3, 0.4) is 0 Å². The Morgan fingerprint density at radius 2 is 1.16 bits per heavy atom. The second kappa shape index (κ2) is 9.03. The van der Waals surface area contributed by atoms with Crippen LogP contribution in [0.5, 0.6) is 23.0 Å². The molecule has 0 N–H and O–H groups in total. The minimum absolute atomic E-state index is 0.0897. The maximum Gasteiger partial charge on any atom is 0.170 e. The molecule has 6 aromatic rings. The van der Waals surface area contributed by atoms with Crippen molar-refractivity contribution in [2.45, 2.75) is 29.1 Å². The molecule has 0 amide bonds. The van der Waals surface area contributed by atoms with Gasteiger partial charge in [0.25, 0.3) is 0 Å². The number of para-hydroxylation sites is 2. The van der Waals surface area contributed by atoms with E-state index in [1.165, 1.54) is 43.4 Å². The molecule has 0 aromatic heterocycles. The van der Waals surface area contributed by atoms with Crippen molar-refractivity contribution in [1.82, 2.24) is 0 Å². The molecule has 2 aliphatic heterocycles. The first kappa shape index (κ1) is 24.6. The van der Waals surface area contributed by atoms with Crippen LogP contribution in [0.2, 0.25) is 0 Å². The van der Waals surface area contributed by atoms with Crippen LogP contribution < -0.4 is 14.4 Å². The summed E-state index contributed by atoms with van der Waals surface area (Å²) in [7, 11) is 0. The molecule has 3 nitrogen and oxygen atoms in total. The van der Waals surface area contributed by atoms with Gasteiger partial charge in [-0.1, -0.05) is 92.3 Å². The van der Waals surface area contributed by atoms with E-state index in [4.69, 9.17) is 9.47 Å². The number of nitrogens with zero attached hydrogens (tertiary/aromatic N) is 1. The van der Waals surface area contributed by atoms with Crippen LogP contribution in [0.15, 0.2) is 137 Å². The zero-order valence-electron chi connectivity index (χ0n) is 23.8. The van der Waals surface area contributed by atoms with Gasteiger partial charge in [0.1, 0.15) is 0 Å². The topological polar surface area (TPSA) is 21.7 Å². The van der Waals surface area contributed by atoms with Gasteiger partial charge in [-0.15, -0.1) is 0 Å². The maximum absolute atomic E-state index is 6.55. The van der Waals surface area contributed by atoms with Gasteiger partial charge in [-0.2, -0.15) is 0 Å². The summed E-state index contributed by atoms with van der Waals surface area (Å²) in [5.74, 6) is 2.98. The first-order valence-electron chi connectivity index (χ1n) is 14.6. The molecular weight excluding hydrogens is 547 g/mol. The van der Waals surface area contributed by atoms with Crippen molar-refractivity contribution in [3.63, 3.8) is 0 Å². The van der Waals surface area contributed by atoms with Gasteiger partial charge in [-0.25, -0.2) is 0 Å². The van der Waals surface area contributed by atoms with E-state index >= 15 is 0 Å². The minimum atomic E-state index is -0.0897. The zero-order valence-corrected chi connectivity index (χ0v) is 24.6. The monoisotopic (exact) mass is 573 g/mol. The molecule has 9 rings (SSSR count). The highest BCUT2D eigenvalue weighted by molar-refractivity contribution is 7.99. The van der Waals surface area contributed by atoms with E-state index in [0.29, 0.717) is 0 Å². The SMILES string of the molecule is CC1(C)c2ccccc2-c2cc3c(cc21)Oc1ccc(-c2cccc(N4c5ccccc5Sc5ccccc54)c2)cc1O3. The van der Waals surface area contributed by atoms with Crippen molar-refractivity contribution >= 4 is 28.8 Å². The van der Waals surface area contributed by atoms with Gasteiger partial charge in [-0.3, -0.25) is 0 Å². The van der Waals surface area contributed by atoms with Crippen LogP contribution in [-0.2, 0) is 5.41 Å².